The van der Waals surface area contributed by atoms with E-state index in [1.165, 1.54) is 19.2 Å². The summed E-state index contributed by atoms with van der Waals surface area (Å²) in [7, 11) is 1.45. The van der Waals surface area contributed by atoms with E-state index < -0.39 is 17.8 Å². The van der Waals surface area contributed by atoms with Crippen LogP contribution in [0.15, 0.2) is 16.6 Å². The Labute approximate surface area is 100 Å². The zero-order valence-corrected chi connectivity index (χ0v) is 10.1. The van der Waals surface area contributed by atoms with Crippen molar-refractivity contribution in [2.24, 2.45) is 5.73 Å². The van der Waals surface area contributed by atoms with E-state index in [0.717, 1.165) is 0 Å². The standard InChI is InChI=1S/C10H11BrFNO3/c1-16-6-2-5(3-8(13)10(14)15)9(12)7(11)4-6/h2,4,8H,3,13H2,1H3,(H,14,15). The predicted octanol–water partition coefficient (Wildman–Crippen LogP) is 1.55. The van der Waals surface area contributed by atoms with Gasteiger partial charge >= 0.3 is 5.97 Å². The van der Waals surface area contributed by atoms with Gasteiger partial charge in [-0.05, 0) is 33.6 Å². The van der Waals surface area contributed by atoms with Gasteiger partial charge in [-0.3, -0.25) is 4.79 Å². The van der Waals surface area contributed by atoms with E-state index in [4.69, 9.17) is 15.6 Å². The van der Waals surface area contributed by atoms with Gasteiger partial charge < -0.3 is 15.6 Å². The van der Waals surface area contributed by atoms with Crippen molar-refractivity contribution in [1.29, 1.82) is 0 Å². The SMILES string of the molecule is COc1cc(Br)c(F)c(CC(N)C(=O)O)c1. The zero-order chi connectivity index (χ0) is 12.3. The van der Waals surface area contributed by atoms with Crippen molar-refractivity contribution in [3.05, 3.63) is 28.0 Å². The molecule has 3 N–H and O–H groups in total. The van der Waals surface area contributed by atoms with Gasteiger partial charge in [0.15, 0.2) is 0 Å². The molecule has 88 valence electrons. The first-order valence-electron chi connectivity index (χ1n) is 4.46. The van der Waals surface area contributed by atoms with Crippen LogP contribution >= 0.6 is 15.9 Å². The minimum Gasteiger partial charge on any atom is -0.497 e. The largest absolute Gasteiger partial charge is 0.497 e. The molecule has 1 unspecified atom stereocenters. The fraction of sp³-hybridized carbons (Fsp3) is 0.300. The van der Waals surface area contributed by atoms with Crippen molar-refractivity contribution in [3.63, 3.8) is 0 Å². The number of benzene rings is 1. The van der Waals surface area contributed by atoms with Crippen LogP contribution in [0.1, 0.15) is 5.56 Å². The number of ether oxygens (including phenoxy) is 1. The molecule has 0 bridgehead atoms. The second kappa shape index (κ2) is 5.27. The highest BCUT2D eigenvalue weighted by molar-refractivity contribution is 9.10. The van der Waals surface area contributed by atoms with E-state index in [2.05, 4.69) is 15.9 Å². The minimum atomic E-state index is -1.17. The highest BCUT2D eigenvalue weighted by atomic mass is 79.9. The maximum Gasteiger partial charge on any atom is 0.320 e. The monoisotopic (exact) mass is 291 g/mol. The van der Waals surface area contributed by atoms with Crippen LogP contribution in [-0.4, -0.2) is 24.2 Å². The summed E-state index contributed by atoms with van der Waals surface area (Å²) in [5.74, 6) is -1.24. The lowest BCUT2D eigenvalue weighted by Gasteiger charge is -2.10. The van der Waals surface area contributed by atoms with Crippen LogP contribution < -0.4 is 10.5 Å². The van der Waals surface area contributed by atoms with E-state index in [-0.39, 0.29) is 16.5 Å². The van der Waals surface area contributed by atoms with Gasteiger partial charge in [-0.15, -0.1) is 0 Å². The number of carboxylic acid groups (broad SMARTS) is 1. The molecule has 1 rings (SSSR count). The average Bonchev–Trinajstić information content (AvgIpc) is 2.24. The minimum absolute atomic E-state index is 0.0863. The first-order chi connectivity index (χ1) is 7.45. The first kappa shape index (κ1) is 12.9. The molecule has 16 heavy (non-hydrogen) atoms. The molecule has 1 aromatic carbocycles. The Morgan fingerprint density at radius 3 is 2.81 bits per heavy atom. The van der Waals surface area contributed by atoms with Crippen LogP contribution in [0.2, 0.25) is 0 Å². The average molecular weight is 292 g/mol. The Bertz CT molecular complexity index is 411. The maximum absolute atomic E-state index is 13.6. The molecule has 0 amide bonds. The molecule has 0 saturated heterocycles. The first-order valence-corrected chi connectivity index (χ1v) is 5.25. The van der Waals surface area contributed by atoms with Gasteiger partial charge in [0.25, 0.3) is 0 Å². The van der Waals surface area contributed by atoms with E-state index in [1.807, 2.05) is 0 Å². The number of halogens is 2. The third-order valence-electron chi connectivity index (χ3n) is 2.07. The van der Waals surface area contributed by atoms with Gasteiger partial charge in [0.1, 0.15) is 17.6 Å². The summed E-state index contributed by atoms with van der Waals surface area (Å²) < 4.78 is 18.8. The second-order valence-corrected chi connectivity index (χ2v) is 4.09. The number of hydrogen-bond acceptors (Lipinski definition) is 3. The van der Waals surface area contributed by atoms with Crippen LogP contribution in [0.5, 0.6) is 5.75 Å². The lowest BCUT2D eigenvalue weighted by atomic mass is 10.1. The number of nitrogens with two attached hydrogens (primary N) is 1. The summed E-state index contributed by atoms with van der Waals surface area (Å²) in [5, 5.41) is 8.64. The summed E-state index contributed by atoms with van der Waals surface area (Å²) in [4.78, 5) is 10.6. The van der Waals surface area contributed by atoms with Gasteiger partial charge in [0.2, 0.25) is 0 Å². The van der Waals surface area contributed by atoms with Crippen LogP contribution in [0.4, 0.5) is 4.39 Å². The Balaban J connectivity index is 3.03. The summed E-state index contributed by atoms with van der Waals surface area (Å²) in [5.41, 5.74) is 5.55. The Kier molecular flexibility index (Phi) is 4.26. The van der Waals surface area contributed by atoms with Crippen LogP contribution in [0.3, 0.4) is 0 Å². The Morgan fingerprint density at radius 2 is 2.31 bits per heavy atom. The van der Waals surface area contributed by atoms with Gasteiger partial charge in [-0.1, -0.05) is 0 Å². The lowest BCUT2D eigenvalue weighted by molar-refractivity contribution is -0.138. The molecule has 0 aromatic heterocycles. The van der Waals surface area contributed by atoms with Crippen molar-refractivity contribution in [2.75, 3.05) is 7.11 Å². The molecule has 0 aliphatic heterocycles. The molecular formula is C10H11BrFNO3. The summed E-state index contributed by atoms with van der Waals surface area (Å²) in [6.45, 7) is 0. The molecule has 0 heterocycles. The molecule has 1 atom stereocenters. The van der Waals surface area contributed by atoms with Gasteiger partial charge in [-0.2, -0.15) is 0 Å². The number of carbonyl (C=O) groups is 1. The third kappa shape index (κ3) is 2.93. The molecule has 0 spiro atoms. The van der Waals surface area contributed by atoms with Crippen molar-refractivity contribution >= 4 is 21.9 Å². The summed E-state index contributed by atoms with van der Waals surface area (Å²) >= 11 is 3.02. The summed E-state index contributed by atoms with van der Waals surface area (Å²) in [6.07, 6.45) is -0.0863. The topological polar surface area (TPSA) is 72.5 Å². The smallest absolute Gasteiger partial charge is 0.320 e. The molecular weight excluding hydrogens is 281 g/mol. The van der Waals surface area contributed by atoms with Crippen LogP contribution in [-0.2, 0) is 11.2 Å². The van der Waals surface area contributed by atoms with Gasteiger partial charge in [0.05, 0.1) is 11.6 Å². The Hall–Kier alpha value is -1.14. The van der Waals surface area contributed by atoms with Gasteiger partial charge in [0, 0.05) is 6.42 Å². The molecule has 6 heteroatoms. The number of aliphatic carboxylic acids is 1. The lowest BCUT2D eigenvalue weighted by Crippen LogP contribution is -2.32. The van der Waals surface area contributed by atoms with E-state index >= 15 is 0 Å². The van der Waals surface area contributed by atoms with Crippen LogP contribution in [0.25, 0.3) is 0 Å². The Morgan fingerprint density at radius 1 is 1.69 bits per heavy atom. The molecule has 1 aromatic rings. The van der Waals surface area contributed by atoms with E-state index in [1.54, 1.807) is 0 Å². The highest BCUT2D eigenvalue weighted by Crippen LogP contribution is 2.26. The van der Waals surface area contributed by atoms with Crippen LogP contribution in [0, 0.1) is 5.82 Å². The van der Waals surface area contributed by atoms with E-state index in [0.29, 0.717) is 5.75 Å². The normalized spacial score (nSPS) is 12.2. The number of methoxy groups -OCH3 is 1. The maximum atomic E-state index is 13.6. The van der Waals surface area contributed by atoms with E-state index in [9.17, 15) is 9.18 Å². The molecule has 4 nitrogen and oxygen atoms in total. The highest BCUT2D eigenvalue weighted by Gasteiger charge is 2.17. The molecule has 0 aliphatic carbocycles. The third-order valence-corrected chi connectivity index (χ3v) is 2.65. The fourth-order valence-electron chi connectivity index (χ4n) is 1.21. The number of carboxylic acids is 1. The molecule has 0 saturated carbocycles. The fourth-order valence-corrected chi connectivity index (χ4v) is 1.69. The quantitative estimate of drug-likeness (QED) is 0.883. The summed E-state index contributed by atoms with van der Waals surface area (Å²) in [6, 6.07) is 1.77. The van der Waals surface area contributed by atoms with Crippen molar-refractivity contribution in [1.82, 2.24) is 0 Å². The van der Waals surface area contributed by atoms with Crippen molar-refractivity contribution in [2.45, 2.75) is 12.5 Å². The number of rotatable bonds is 4. The molecule has 0 radical (unpaired) electrons. The van der Waals surface area contributed by atoms with Crippen molar-refractivity contribution < 1.29 is 19.0 Å². The number of hydrogen-bond donors (Lipinski definition) is 2. The predicted molar refractivity (Wildman–Crippen MR) is 60.0 cm³/mol. The van der Waals surface area contributed by atoms with Gasteiger partial charge in [-0.25, -0.2) is 4.39 Å². The zero-order valence-electron chi connectivity index (χ0n) is 8.54. The van der Waals surface area contributed by atoms with Crippen molar-refractivity contribution in [3.8, 4) is 5.75 Å². The molecule has 0 aliphatic rings. The molecule has 0 fully saturated rings. The second-order valence-electron chi connectivity index (χ2n) is 3.23.